The number of piperazine rings is 2. The molecule has 2 fully saturated rings. The molecule has 0 spiro atoms. The first-order chi connectivity index (χ1) is 22.3. The van der Waals surface area contributed by atoms with Gasteiger partial charge >= 0.3 is 0 Å². The van der Waals surface area contributed by atoms with Gasteiger partial charge in [0, 0.05) is 52.4 Å². The van der Waals surface area contributed by atoms with Crippen LogP contribution in [0.25, 0.3) is 0 Å². The molecule has 2 aromatic carbocycles. The zero-order valence-corrected chi connectivity index (χ0v) is 26.3. The molecule has 2 aliphatic rings. The number of unbranched alkanes of at least 4 members (excludes halogenated alkanes) is 2. The van der Waals surface area contributed by atoms with Crippen LogP contribution in [-0.2, 0) is 25.7 Å². The van der Waals surface area contributed by atoms with Gasteiger partial charge in [0.25, 0.3) is 11.8 Å². The maximum absolute atomic E-state index is 6.55. The Bertz CT molecular complexity index is 1350. The van der Waals surface area contributed by atoms with Gasteiger partial charge in [-0.1, -0.05) is 60.7 Å². The zero-order valence-electron chi connectivity index (χ0n) is 26.3. The predicted octanol–water partition coefficient (Wildman–Crippen LogP) is 5.01. The van der Waals surface area contributed by atoms with Crippen molar-refractivity contribution < 1.29 is 4.74 Å². The van der Waals surface area contributed by atoms with E-state index < -0.39 is 0 Å². The molecule has 2 aliphatic heterocycles. The predicted molar refractivity (Wildman–Crippen MR) is 180 cm³/mol. The number of anilines is 2. The molecule has 4 heterocycles. The molecule has 0 saturated carbocycles. The molecule has 9 heteroatoms. The van der Waals surface area contributed by atoms with E-state index in [-0.39, 0.29) is 0 Å². The molecule has 45 heavy (non-hydrogen) atoms. The molecular weight excluding hydrogens is 560 g/mol. The molecule has 0 amide bonds. The Labute approximate surface area is 267 Å². The summed E-state index contributed by atoms with van der Waals surface area (Å²) in [7, 11) is 0. The van der Waals surface area contributed by atoms with Gasteiger partial charge in [0.05, 0.1) is 23.8 Å². The number of nitrogens with zero attached hydrogens (tertiary/aromatic N) is 6. The summed E-state index contributed by atoms with van der Waals surface area (Å²) in [6, 6.07) is 21.4. The monoisotopic (exact) mass is 606 g/mol. The first kappa shape index (κ1) is 30.9. The van der Waals surface area contributed by atoms with Crippen LogP contribution in [0.15, 0.2) is 73.1 Å². The molecule has 0 bridgehead atoms. The smallest absolute Gasteiger partial charge is 0.264 e. The number of aromatic nitrogens is 4. The van der Waals surface area contributed by atoms with E-state index in [4.69, 9.17) is 24.7 Å². The van der Waals surface area contributed by atoms with Crippen molar-refractivity contribution in [1.82, 2.24) is 30.6 Å². The lowest BCUT2D eigenvalue weighted by Crippen LogP contribution is -2.44. The number of nitrogens with one attached hydrogen (secondary N) is 2. The van der Waals surface area contributed by atoms with Gasteiger partial charge in [-0.25, -0.2) is 19.9 Å². The maximum Gasteiger partial charge on any atom is 0.264 e. The van der Waals surface area contributed by atoms with E-state index in [0.717, 1.165) is 127 Å². The number of ether oxygens (including phenoxy) is 1. The van der Waals surface area contributed by atoms with Crippen LogP contribution < -0.4 is 25.2 Å². The van der Waals surface area contributed by atoms with Gasteiger partial charge in [-0.2, -0.15) is 0 Å². The van der Waals surface area contributed by atoms with Crippen molar-refractivity contribution in [3.63, 3.8) is 0 Å². The number of hydrogen-bond acceptors (Lipinski definition) is 9. The lowest BCUT2D eigenvalue weighted by atomic mass is 10.1. The lowest BCUT2D eigenvalue weighted by molar-refractivity contribution is 0.431. The largest absolute Gasteiger partial charge is 0.413 e. The first-order valence-corrected chi connectivity index (χ1v) is 16.7. The average molecular weight is 607 g/mol. The highest BCUT2D eigenvalue weighted by molar-refractivity contribution is 5.55. The Morgan fingerprint density at radius 1 is 0.533 bits per heavy atom. The molecule has 2 saturated heterocycles. The van der Waals surface area contributed by atoms with E-state index in [2.05, 4.69) is 81.1 Å². The fourth-order valence-electron chi connectivity index (χ4n) is 6.01. The molecule has 6 rings (SSSR count). The minimum Gasteiger partial charge on any atom is -0.413 e. The third-order valence-electron chi connectivity index (χ3n) is 8.55. The molecule has 2 N–H and O–H groups in total. The van der Waals surface area contributed by atoms with Gasteiger partial charge in [-0.15, -0.1) is 0 Å². The van der Waals surface area contributed by atoms with Crippen molar-refractivity contribution in [2.75, 3.05) is 62.2 Å². The maximum atomic E-state index is 6.55. The minimum absolute atomic E-state index is 0.506. The summed E-state index contributed by atoms with van der Waals surface area (Å²) in [6.45, 7) is 7.09. The van der Waals surface area contributed by atoms with Crippen LogP contribution in [0.4, 0.5) is 11.6 Å². The second kappa shape index (κ2) is 16.3. The normalized spacial score (nSPS) is 15.3. The molecule has 4 aromatic rings. The fourth-order valence-corrected chi connectivity index (χ4v) is 6.01. The second-order valence-corrected chi connectivity index (χ2v) is 11.9. The summed E-state index contributed by atoms with van der Waals surface area (Å²) in [5.41, 5.74) is 4.77. The van der Waals surface area contributed by atoms with Crippen LogP contribution in [-0.4, -0.2) is 72.3 Å². The standard InChI is InChI=1S/C36H46N8O/c1-3-11-29(12-4-1)15-7-9-17-31-27-39-35(33(41-31)43-23-19-37-20-24-43)45-36-34(44-25-21-38-22-26-44)42-32(28-40-36)18-10-8-16-30-13-5-2-6-14-30/h1-6,11-14,27-28,37-38H,7-10,15-26H2. The molecule has 9 nitrogen and oxygen atoms in total. The van der Waals surface area contributed by atoms with E-state index >= 15 is 0 Å². The van der Waals surface area contributed by atoms with Crippen LogP contribution in [0.2, 0.25) is 0 Å². The quantitative estimate of drug-likeness (QED) is 0.192. The van der Waals surface area contributed by atoms with E-state index in [9.17, 15) is 0 Å². The Morgan fingerprint density at radius 3 is 1.36 bits per heavy atom. The van der Waals surface area contributed by atoms with Gasteiger partial charge in [-0.05, 0) is 62.5 Å². The fraction of sp³-hybridized carbons (Fsp3) is 0.444. The number of benzene rings is 2. The van der Waals surface area contributed by atoms with Crippen LogP contribution >= 0.6 is 0 Å². The molecule has 0 unspecified atom stereocenters. The van der Waals surface area contributed by atoms with Crippen LogP contribution in [0, 0.1) is 0 Å². The van der Waals surface area contributed by atoms with Gasteiger partial charge in [-0.3, -0.25) is 0 Å². The van der Waals surface area contributed by atoms with E-state index in [0.29, 0.717) is 11.8 Å². The van der Waals surface area contributed by atoms with Crippen LogP contribution in [0.3, 0.4) is 0 Å². The molecule has 2 aromatic heterocycles. The number of rotatable bonds is 14. The summed E-state index contributed by atoms with van der Waals surface area (Å²) >= 11 is 0. The third kappa shape index (κ3) is 8.99. The van der Waals surface area contributed by atoms with E-state index in [1.807, 2.05) is 12.4 Å². The summed E-state index contributed by atoms with van der Waals surface area (Å²) in [5, 5.41) is 6.90. The van der Waals surface area contributed by atoms with Crippen molar-refractivity contribution in [3.05, 3.63) is 95.6 Å². The summed E-state index contributed by atoms with van der Waals surface area (Å²) in [5.74, 6) is 2.61. The van der Waals surface area contributed by atoms with Crippen molar-refractivity contribution in [3.8, 4) is 11.8 Å². The lowest BCUT2D eigenvalue weighted by Gasteiger charge is -2.31. The second-order valence-electron chi connectivity index (χ2n) is 11.9. The zero-order chi connectivity index (χ0) is 30.5. The van der Waals surface area contributed by atoms with Crippen LogP contribution in [0.1, 0.15) is 48.2 Å². The molecule has 236 valence electrons. The number of hydrogen-bond donors (Lipinski definition) is 2. The highest BCUT2D eigenvalue weighted by Crippen LogP contribution is 2.33. The van der Waals surface area contributed by atoms with Crippen molar-refractivity contribution in [2.45, 2.75) is 51.4 Å². The summed E-state index contributed by atoms with van der Waals surface area (Å²) in [6.07, 6.45) is 12.1. The number of aryl methyl sites for hydroxylation is 4. The Morgan fingerprint density at radius 2 is 0.933 bits per heavy atom. The summed E-state index contributed by atoms with van der Waals surface area (Å²) in [4.78, 5) is 24.5. The minimum atomic E-state index is 0.506. The summed E-state index contributed by atoms with van der Waals surface area (Å²) < 4.78 is 6.55. The molecular formula is C36H46N8O. The highest BCUT2D eigenvalue weighted by atomic mass is 16.5. The van der Waals surface area contributed by atoms with Crippen molar-refractivity contribution in [1.29, 1.82) is 0 Å². The third-order valence-corrected chi connectivity index (χ3v) is 8.55. The first-order valence-electron chi connectivity index (χ1n) is 16.7. The topological polar surface area (TPSA) is 91.3 Å². The van der Waals surface area contributed by atoms with E-state index in [1.165, 1.54) is 11.1 Å². The Hall–Kier alpha value is -4.08. The Balaban J connectivity index is 1.16. The molecule has 0 radical (unpaired) electrons. The van der Waals surface area contributed by atoms with Gasteiger partial charge in [0.1, 0.15) is 0 Å². The van der Waals surface area contributed by atoms with Gasteiger partial charge in [0.15, 0.2) is 11.6 Å². The van der Waals surface area contributed by atoms with Gasteiger partial charge < -0.3 is 25.2 Å². The van der Waals surface area contributed by atoms with Crippen LogP contribution in [0.5, 0.6) is 11.8 Å². The average Bonchev–Trinajstić information content (AvgIpc) is 3.11. The van der Waals surface area contributed by atoms with Gasteiger partial charge in [0.2, 0.25) is 0 Å². The Kier molecular flexibility index (Phi) is 11.2. The molecule has 0 aliphatic carbocycles. The van der Waals surface area contributed by atoms with E-state index in [1.54, 1.807) is 0 Å². The highest BCUT2D eigenvalue weighted by Gasteiger charge is 2.24. The van der Waals surface area contributed by atoms with Crippen molar-refractivity contribution >= 4 is 11.6 Å². The SMILES string of the molecule is c1ccc(CCCCc2cnc(Oc3ncc(CCCCc4ccccc4)nc3N3CCNCC3)c(N3CCNCC3)n2)cc1. The molecule has 0 atom stereocenters. The van der Waals surface area contributed by atoms with Crippen molar-refractivity contribution in [2.24, 2.45) is 0 Å².